The summed E-state index contributed by atoms with van der Waals surface area (Å²) in [4.78, 5) is 0. The van der Waals surface area contributed by atoms with Crippen LogP contribution in [0.3, 0.4) is 0 Å². The lowest BCUT2D eigenvalue weighted by molar-refractivity contribution is 0.661. The van der Waals surface area contributed by atoms with E-state index in [0.717, 1.165) is 13.1 Å². The molecule has 102 valence electrons. The molecule has 19 heavy (non-hydrogen) atoms. The van der Waals surface area contributed by atoms with Gasteiger partial charge < -0.3 is 5.32 Å². The van der Waals surface area contributed by atoms with Gasteiger partial charge in [0.15, 0.2) is 0 Å². The Bertz CT molecular complexity index is 523. The van der Waals surface area contributed by atoms with E-state index in [1.807, 2.05) is 13.2 Å². The fourth-order valence-corrected chi connectivity index (χ4v) is 2.19. The Kier molecular flexibility index (Phi) is 4.38. The lowest BCUT2D eigenvalue weighted by Crippen LogP contribution is -2.08. The van der Waals surface area contributed by atoms with E-state index in [1.165, 1.54) is 22.4 Å². The quantitative estimate of drug-likeness (QED) is 0.892. The van der Waals surface area contributed by atoms with Crippen LogP contribution in [0.4, 0.5) is 0 Å². The predicted octanol–water partition coefficient (Wildman–Crippen LogP) is 3.08. The van der Waals surface area contributed by atoms with Gasteiger partial charge in [0.1, 0.15) is 0 Å². The van der Waals surface area contributed by atoms with Crippen molar-refractivity contribution in [1.29, 1.82) is 0 Å². The van der Waals surface area contributed by atoms with Gasteiger partial charge in [-0.25, -0.2) is 0 Å². The first kappa shape index (κ1) is 13.8. The molecule has 0 bridgehead atoms. The summed E-state index contributed by atoms with van der Waals surface area (Å²) in [6.45, 7) is 8.28. The van der Waals surface area contributed by atoms with Crippen molar-refractivity contribution in [3.05, 3.63) is 52.8 Å². The topological polar surface area (TPSA) is 29.9 Å². The molecule has 0 amide bonds. The summed E-state index contributed by atoms with van der Waals surface area (Å²) in [6.07, 6.45) is 1.95. The average Bonchev–Trinajstić information content (AvgIpc) is 2.73. The highest BCUT2D eigenvalue weighted by molar-refractivity contribution is 5.25. The van der Waals surface area contributed by atoms with E-state index in [4.69, 9.17) is 0 Å². The molecule has 2 aromatic rings. The molecule has 1 aromatic heterocycles. The molecule has 0 saturated carbocycles. The maximum atomic E-state index is 4.46. The van der Waals surface area contributed by atoms with Gasteiger partial charge in [0, 0.05) is 17.8 Å². The Hall–Kier alpha value is -1.61. The lowest BCUT2D eigenvalue weighted by atomic mass is 10.0. The van der Waals surface area contributed by atoms with E-state index in [1.54, 1.807) is 0 Å². The zero-order valence-electron chi connectivity index (χ0n) is 12.3. The second-order valence-corrected chi connectivity index (χ2v) is 5.34. The predicted molar refractivity (Wildman–Crippen MR) is 79.4 cm³/mol. The second-order valence-electron chi connectivity index (χ2n) is 5.34. The fraction of sp³-hybridized carbons (Fsp3) is 0.438. The lowest BCUT2D eigenvalue weighted by Gasteiger charge is -2.09. The molecule has 1 N–H and O–H groups in total. The van der Waals surface area contributed by atoms with Crippen LogP contribution < -0.4 is 5.32 Å². The van der Waals surface area contributed by atoms with E-state index < -0.39 is 0 Å². The van der Waals surface area contributed by atoms with Crippen LogP contribution in [0.25, 0.3) is 0 Å². The van der Waals surface area contributed by atoms with Crippen molar-refractivity contribution in [1.82, 2.24) is 15.1 Å². The Labute approximate surface area is 115 Å². The van der Waals surface area contributed by atoms with Crippen molar-refractivity contribution < 1.29 is 0 Å². The van der Waals surface area contributed by atoms with Gasteiger partial charge in [0.05, 0.1) is 12.7 Å². The molecule has 0 fully saturated rings. The summed E-state index contributed by atoms with van der Waals surface area (Å²) in [6, 6.07) is 8.84. The van der Waals surface area contributed by atoms with Crippen LogP contribution in [0.15, 0.2) is 30.5 Å². The van der Waals surface area contributed by atoms with E-state index in [9.17, 15) is 0 Å². The largest absolute Gasteiger partial charge is 0.316 e. The van der Waals surface area contributed by atoms with E-state index >= 15 is 0 Å². The molecule has 0 spiro atoms. The molecule has 0 radical (unpaired) electrons. The first-order chi connectivity index (χ1) is 9.11. The maximum absolute atomic E-state index is 4.46. The van der Waals surface area contributed by atoms with Crippen LogP contribution in [-0.4, -0.2) is 16.8 Å². The van der Waals surface area contributed by atoms with Crippen LogP contribution in [0, 0.1) is 6.92 Å². The first-order valence-corrected chi connectivity index (χ1v) is 6.86. The molecule has 0 atom stereocenters. The number of hydrogen-bond acceptors (Lipinski definition) is 2. The van der Waals surface area contributed by atoms with Gasteiger partial charge in [-0.1, -0.05) is 38.1 Å². The Balaban J connectivity index is 2.12. The van der Waals surface area contributed by atoms with E-state index in [0.29, 0.717) is 5.92 Å². The highest BCUT2D eigenvalue weighted by Gasteiger charge is 2.06. The standard InChI is InChI=1S/C16H23N3/c1-12(2)15-7-5-14(6-8-15)11-19-13(3)16(9-17-4)10-18-19/h5-8,10,12,17H,9,11H2,1-4H3. The molecule has 2 rings (SSSR count). The fourth-order valence-electron chi connectivity index (χ4n) is 2.19. The van der Waals surface area contributed by atoms with Crippen LogP contribution in [0.2, 0.25) is 0 Å². The van der Waals surface area contributed by atoms with Crippen LogP contribution in [0.1, 0.15) is 42.1 Å². The summed E-state index contributed by atoms with van der Waals surface area (Å²) in [5.74, 6) is 0.586. The van der Waals surface area contributed by atoms with Crippen molar-refractivity contribution in [2.45, 2.75) is 39.8 Å². The minimum absolute atomic E-state index is 0.586. The number of nitrogens with one attached hydrogen (secondary N) is 1. The third kappa shape index (κ3) is 3.24. The smallest absolute Gasteiger partial charge is 0.0662 e. The third-order valence-corrected chi connectivity index (χ3v) is 3.55. The number of aromatic nitrogens is 2. The molecule has 3 nitrogen and oxygen atoms in total. The highest BCUT2D eigenvalue weighted by atomic mass is 15.3. The minimum atomic E-state index is 0.586. The molecular weight excluding hydrogens is 234 g/mol. The van der Waals surface area contributed by atoms with Gasteiger partial charge in [-0.15, -0.1) is 0 Å². The SMILES string of the molecule is CNCc1cnn(Cc2ccc(C(C)C)cc2)c1C. The molecule has 0 aliphatic carbocycles. The van der Waals surface area contributed by atoms with Crippen molar-refractivity contribution in [3.63, 3.8) is 0 Å². The summed E-state index contributed by atoms with van der Waals surface area (Å²) in [5, 5.41) is 7.63. The molecule has 3 heteroatoms. The number of nitrogens with zero attached hydrogens (tertiary/aromatic N) is 2. The summed E-state index contributed by atoms with van der Waals surface area (Å²) in [7, 11) is 1.96. The zero-order chi connectivity index (χ0) is 13.8. The molecule has 1 aromatic carbocycles. The number of hydrogen-bond donors (Lipinski definition) is 1. The molecule has 1 heterocycles. The van der Waals surface area contributed by atoms with Crippen molar-refractivity contribution in [2.75, 3.05) is 7.05 Å². The molecule has 0 aliphatic rings. The normalized spacial score (nSPS) is 11.2. The Morgan fingerprint density at radius 1 is 1.21 bits per heavy atom. The van der Waals surface area contributed by atoms with Crippen molar-refractivity contribution >= 4 is 0 Å². The third-order valence-electron chi connectivity index (χ3n) is 3.55. The summed E-state index contributed by atoms with van der Waals surface area (Å²) >= 11 is 0. The minimum Gasteiger partial charge on any atom is -0.316 e. The summed E-state index contributed by atoms with van der Waals surface area (Å²) in [5.41, 5.74) is 5.19. The van der Waals surface area contributed by atoms with Crippen LogP contribution >= 0.6 is 0 Å². The van der Waals surface area contributed by atoms with Gasteiger partial charge in [0.2, 0.25) is 0 Å². The van der Waals surface area contributed by atoms with Gasteiger partial charge in [-0.05, 0) is 31.0 Å². The zero-order valence-corrected chi connectivity index (χ0v) is 12.3. The van der Waals surface area contributed by atoms with Crippen LogP contribution in [-0.2, 0) is 13.1 Å². The highest BCUT2D eigenvalue weighted by Crippen LogP contribution is 2.16. The van der Waals surface area contributed by atoms with Crippen LogP contribution in [0.5, 0.6) is 0 Å². The van der Waals surface area contributed by atoms with E-state index in [2.05, 4.69) is 60.1 Å². The maximum Gasteiger partial charge on any atom is 0.0662 e. The molecule has 0 saturated heterocycles. The van der Waals surface area contributed by atoms with Crippen molar-refractivity contribution in [2.24, 2.45) is 0 Å². The monoisotopic (exact) mass is 257 g/mol. The van der Waals surface area contributed by atoms with Gasteiger partial charge in [-0.3, -0.25) is 4.68 Å². The molecule has 0 unspecified atom stereocenters. The summed E-state index contributed by atoms with van der Waals surface area (Å²) < 4.78 is 2.07. The van der Waals surface area contributed by atoms with Gasteiger partial charge in [-0.2, -0.15) is 5.10 Å². The Morgan fingerprint density at radius 2 is 1.89 bits per heavy atom. The number of rotatable bonds is 5. The van der Waals surface area contributed by atoms with Gasteiger partial charge >= 0.3 is 0 Å². The average molecular weight is 257 g/mol. The molecular formula is C16H23N3. The van der Waals surface area contributed by atoms with E-state index in [-0.39, 0.29) is 0 Å². The number of benzene rings is 1. The Morgan fingerprint density at radius 3 is 2.47 bits per heavy atom. The first-order valence-electron chi connectivity index (χ1n) is 6.86. The van der Waals surface area contributed by atoms with Gasteiger partial charge in [0.25, 0.3) is 0 Å². The van der Waals surface area contributed by atoms with Crippen molar-refractivity contribution in [3.8, 4) is 0 Å². The molecule has 0 aliphatic heterocycles. The second kappa shape index (κ2) is 6.02.